The van der Waals surface area contributed by atoms with Gasteiger partial charge in [0.2, 0.25) is 11.9 Å². The molecule has 1 amide bonds. The van der Waals surface area contributed by atoms with Crippen molar-refractivity contribution in [1.82, 2.24) is 19.4 Å². The number of hydrogen-bond acceptors (Lipinski definition) is 5. The van der Waals surface area contributed by atoms with E-state index in [4.69, 9.17) is 0 Å². The number of rotatable bonds is 2. The lowest BCUT2D eigenvalue weighted by atomic mass is 10.0. The Kier molecular flexibility index (Phi) is 3.70. The first-order chi connectivity index (χ1) is 11.6. The fourth-order valence-corrected chi connectivity index (χ4v) is 3.81. The number of aromatic nitrogens is 3. The van der Waals surface area contributed by atoms with Gasteiger partial charge in [-0.05, 0) is 31.4 Å². The van der Waals surface area contributed by atoms with Crippen LogP contribution in [0.2, 0.25) is 0 Å². The molecule has 0 bridgehead atoms. The highest BCUT2D eigenvalue weighted by molar-refractivity contribution is 5.78. The fourth-order valence-electron chi connectivity index (χ4n) is 3.81. The molecule has 2 fully saturated rings. The molecule has 2 aromatic heterocycles. The SMILES string of the molecule is Cn1c(N2CCC(N3CCCC3=O)CC2)nc2ncccc2c1=O. The van der Waals surface area contributed by atoms with Gasteiger partial charge >= 0.3 is 0 Å². The van der Waals surface area contributed by atoms with Gasteiger partial charge < -0.3 is 9.80 Å². The Labute approximate surface area is 139 Å². The molecule has 0 spiro atoms. The molecule has 2 aliphatic heterocycles. The van der Waals surface area contributed by atoms with Crippen LogP contribution in [0.25, 0.3) is 11.0 Å². The van der Waals surface area contributed by atoms with Gasteiger partial charge in [0.05, 0.1) is 5.39 Å². The first-order valence-electron chi connectivity index (χ1n) is 8.51. The van der Waals surface area contributed by atoms with Crippen molar-refractivity contribution in [3.8, 4) is 0 Å². The van der Waals surface area contributed by atoms with Gasteiger partial charge in [-0.1, -0.05) is 0 Å². The molecule has 2 aromatic rings. The highest BCUT2D eigenvalue weighted by atomic mass is 16.2. The Morgan fingerprint density at radius 2 is 1.96 bits per heavy atom. The maximum absolute atomic E-state index is 12.5. The number of likely N-dealkylation sites (tertiary alicyclic amines) is 1. The minimum atomic E-state index is -0.0695. The summed E-state index contributed by atoms with van der Waals surface area (Å²) >= 11 is 0. The summed E-state index contributed by atoms with van der Waals surface area (Å²) < 4.78 is 1.60. The summed E-state index contributed by atoms with van der Waals surface area (Å²) in [6, 6.07) is 3.84. The number of carbonyl (C=O) groups is 1. The molecule has 126 valence electrons. The Hall–Kier alpha value is -2.44. The number of nitrogens with zero attached hydrogens (tertiary/aromatic N) is 5. The standard InChI is InChI=1S/C17H21N5O2/c1-20-16(24)13-4-2-8-18-15(13)19-17(20)21-10-6-12(7-11-21)22-9-3-5-14(22)23/h2,4,8,12H,3,5-7,9-11H2,1H3. The Bertz CT molecular complexity index is 838. The van der Waals surface area contributed by atoms with E-state index in [-0.39, 0.29) is 11.5 Å². The summed E-state index contributed by atoms with van der Waals surface area (Å²) in [5.74, 6) is 0.950. The summed E-state index contributed by atoms with van der Waals surface area (Å²) in [5.41, 5.74) is 0.424. The first kappa shape index (κ1) is 15.1. The zero-order chi connectivity index (χ0) is 16.7. The molecule has 0 atom stereocenters. The van der Waals surface area contributed by atoms with Crippen molar-refractivity contribution in [3.63, 3.8) is 0 Å². The Morgan fingerprint density at radius 3 is 2.67 bits per heavy atom. The van der Waals surface area contributed by atoms with Crippen LogP contribution < -0.4 is 10.5 Å². The van der Waals surface area contributed by atoms with Crippen molar-refractivity contribution in [2.24, 2.45) is 7.05 Å². The average molecular weight is 327 g/mol. The van der Waals surface area contributed by atoms with Gasteiger partial charge in [0.1, 0.15) is 0 Å². The lowest BCUT2D eigenvalue weighted by molar-refractivity contribution is -0.130. The van der Waals surface area contributed by atoms with Crippen LogP contribution in [-0.4, -0.2) is 51.0 Å². The third-order valence-corrected chi connectivity index (χ3v) is 5.13. The molecule has 4 rings (SSSR count). The minimum absolute atomic E-state index is 0.0695. The molecule has 0 aromatic carbocycles. The van der Waals surface area contributed by atoms with E-state index in [1.54, 1.807) is 29.9 Å². The van der Waals surface area contributed by atoms with Gasteiger partial charge in [-0.25, -0.2) is 4.98 Å². The molecule has 0 aliphatic carbocycles. The van der Waals surface area contributed by atoms with Crippen LogP contribution in [0.1, 0.15) is 25.7 Å². The molecule has 0 saturated carbocycles. The van der Waals surface area contributed by atoms with E-state index in [1.165, 1.54) is 0 Å². The number of pyridine rings is 1. The van der Waals surface area contributed by atoms with Gasteiger partial charge in [-0.2, -0.15) is 4.98 Å². The second-order valence-corrected chi connectivity index (χ2v) is 6.56. The molecule has 0 unspecified atom stereocenters. The van der Waals surface area contributed by atoms with Gasteiger partial charge in [-0.15, -0.1) is 0 Å². The smallest absolute Gasteiger partial charge is 0.264 e. The molecule has 24 heavy (non-hydrogen) atoms. The van der Waals surface area contributed by atoms with Crippen LogP contribution in [0.3, 0.4) is 0 Å². The zero-order valence-electron chi connectivity index (χ0n) is 13.8. The van der Waals surface area contributed by atoms with Crippen molar-refractivity contribution in [1.29, 1.82) is 0 Å². The summed E-state index contributed by atoms with van der Waals surface area (Å²) in [6.07, 6.45) is 5.16. The molecule has 2 aliphatic rings. The summed E-state index contributed by atoms with van der Waals surface area (Å²) in [5, 5.41) is 0.543. The number of carbonyl (C=O) groups excluding carboxylic acids is 1. The lowest BCUT2D eigenvalue weighted by Crippen LogP contribution is -2.46. The topological polar surface area (TPSA) is 71.3 Å². The van der Waals surface area contributed by atoms with E-state index in [9.17, 15) is 9.59 Å². The van der Waals surface area contributed by atoms with Gasteiger partial charge in [-0.3, -0.25) is 14.2 Å². The summed E-state index contributed by atoms with van der Waals surface area (Å²) in [6.45, 7) is 2.49. The fraction of sp³-hybridized carbons (Fsp3) is 0.529. The van der Waals surface area contributed by atoms with Crippen LogP contribution in [0.15, 0.2) is 23.1 Å². The molecule has 7 nitrogen and oxygen atoms in total. The van der Waals surface area contributed by atoms with Crippen LogP contribution in [0.4, 0.5) is 5.95 Å². The highest BCUT2D eigenvalue weighted by Crippen LogP contribution is 2.24. The maximum atomic E-state index is 12.5. The van der Waals surface area contributed by atoms with Crippen LogP contribution in [0, 0.1) is 0 Å². The van der Waals surface area contributed by atoms with Crippen molar-refractivity contribution >= 4 is 22.9 Å². The summed E-state index contributed by atoms with van der Waals surface area (Å²) in [4.78, 5) is 37.4. The number of piperidine rings is 1. The third-order valence-electron chi connectivity index (χ3n) is 5.13. The molecule has 0 radical (unpaired) electrons. The predicted octanol–water partition coefficient (Wildman–Crippen LogP) is 0.920. The van der Waals surface area contributed by atoms with Gasteiger partial charge in [0.15, 0.2) is 5.65 Å². The highest BCUT2D eigenvalue weighted by Gasteiger charge is 2.31. The predicted molar refractivity (Wildman–Crippen MR) is 91.0 cm³/mol. The van der Waals surface area contributed by atoms with E-state index >= 15 is 0 Å². The lowest BCUT2D eigenvalue weighted by Gasteiger charge is -2.37. The van der Waals surface area contributed by atoms with Crippen LogP contribution >= 0.6 is 0 Å². The third kappa shape index (κ3) is 2.44. The quantitative estimate of drug-likeness (QED) is 0.820. The first-order valence-corrected chi connectivity index (χ1v) is 8.51. The van der Waals surface area contributed by atoms with Crippen molar-refractivity contribution < 1.29 is 4.79 Å². The molecule has 4 heterocycles. The van der Waals surface area contributed by atoms with Crippen LogP contribution in [-0.2, 0) is 11.8 Å². The number of fused-ring (bicyclic) bond motifs is 1. The maximum Gasteiger partial charge on any atom is 0.264 e. The van der Waals surface area contributed by atoms with E-state index in [0.29, 0.717) is 29.4 Å². The largest absolute Gasteiger partial charge is 0.342 e. The molecule has 0 N–H and O–H groups in total. The van der Waals surface area contributed by atoms with Crippen molar-refractivity contribution in [2.75, 3.05) is 24.5 Å². The number of anilines is 1. The molecule has 7 heteroatoms. The normalized spacial score (nSPS) is 19.5. The molecule has 2 saturated heterocycles. The minimum Gasteiger partial charge on any atom is -0.342 e. The Balaban J connectivity index is 1.57. The zero-order valence-corrected chi connectivity index (χ0v) is 13.8. The van der Waals surface area contributed by atoms with Crippen molar-refractivity contribution in [2.45, 2.75) is 31.7 Å². The summed E-state index contributed by atoms with van der Waals surface area (Å²) in [7, 11) is 1.76. The van der Waals surface area contributed by atoms with Crippen molar-refractivity contribution in [3.05, 3.63) is 28.7 Å². The molecular formula is C17H21N5O2. The van der Waals surface area contributed by atoms with E-state index in [1.807, 2.05) is 4.90 Å². The van der Waals surface area contributed by atoms with E-state index < -0.39 is 0 Å². The van der Waals surface area contributed by atoms with Gasteiger partial charge in [0.25, 0.3) is 5.56 Å². The monoisotopic (exact) mass is 327 g/mol. The molecular weight excluding hydrogens is 306 g/mol. The second-order valence-electron chi connectivity index (χ2n) is 6.56. The van der Waals surface area contributed by atoms with Gasteiger partial charge in [0, 0.05) is 45.3 Å². The number of hydrogen-bond donors (Lipinski definition) is 0. The Morgan fingerprint density at radius 1 is 1.17 bits per heavy atom. The number of amides is 1. The average Bonchev–Trinajstić information content (AvgIpc) is 3.04. The second kappa shape index (κ2) is 5.89. The van der Waals surface area contributed by atoms with E-state index in [0.717, 1.165) is 38.9 Å². The van der Waals surface area contributed by atoms with Crippen LogP contribution in [0.5, 0.6) is 0 Å². The van der Waals surface area contributed by atoms with E-state index in [2.05, 4.69) is 14.9 Å².